The number of hydrogen-bond donors (Lipinski definition) is 3. The summed E-state index contributed by atoms with van der Waals surface area (Å²) in [4.78, 5) is 22.7. The van der Waals surface area contributed by atoms with Crippen molar-refractivity contribution in [1.82, 2.24) is 15.0 Å². The van der Waals surface area contributed by atoms with Gasteiger partial charge in [-0.05, 0) is 128 Å². The highest BCUT2D eigenvalue weighted by atomic mass is 79.9. The number of nitrogens with two attached hydrogens (primary N) is 1. The summed E-state index contributed by atoms with van der Waals surface area (Å²) in [5.74, 6) is 2.29. The van der Waals surface area contributed by atoms with Crippen LogP contribution in [0.1, 0.15) is 65.9 Å². The van der Waals surface area contributed by atoms with Crippen molar-refractivity contribution in [2.75, 3.05) is 16.4 Å². The minimum Gasteiger partial charge on any atom is -0.399 e. The van der Waals surface area contributed by atoms with Crippen LogP contribution in [-0.2, 0) is 22.4 Å². The molecule has 0 saturated carbocycles. The Morgan fingerprint density at radius 3 is 1.49 bits per heavy atom. The summed E-state index contributed by atoms with van der Waals surface area (Å²) in [6.45, 7) is 15.9. The van der Waals surface area contributed by atoms with E-state index in [2.05, 4.69) is 148 Å². The molecule has 6 aromatic rings. The number of nitrogens with one attached hydrogen (secondary N) is 2. The first-order chi connectivity index (χ1) is 27.1. The molecule has 0 amide bonds. The summed E-state index contributed by atoms with van der Waals surface area (Å²) >= 11 is 6.59. The van der Waals surface area contributed by atoms with E-state index in [-0.39, 0.29) is 18.3 Å². The zero-order chi connectivity index (χ0) is 41.4. The third kappa shape index (κ3) is 15.2. The van der Waals surface area contributed by atoms with Gasteiger partial charge in [0.15, 0.2) is 0 Å². The Labute approximate surface area is 354 Å². The van der Waals surface area contributed by atoms with E-state index in [4.69, 9.17) is 15.0 Å². The van der Waals surface area contributed by atoms with Gasteiger partial charge in [0.05, 0.1) is 11.2 Å². The predicted octanol–water partition coefficient (Wildman–Crippen LogP) is 10.3. The number of halogens is 2. The maximum absolute atomic E-state index is 10.2. The average Bonchev–Trinajstić information content (AvgIpc) is 3.41. The Hall–Kier alpha value is -4.88. The van der Waals surface area contributed by atoms with Crippen molar-refractivity contribution >= 4 is 68.2 Å². The van der Waals surface area contributed by atoms with E-state index in [1.165, 1.54) is 22.3 Å². The molecule has 3 aromatic heterocycles. The van der Waals surface area contributed by atoms with Gasteiger partial charge in [-0.3, -0.25) is 4.79 Å². The maximum Gasteiger partial charge on any atom is 0.496 e. The zero-order valence-corrected chi connectivity index (χ0v) is 36.8. The lowest BCUT2D eigenvalue weighted by molar-refractivity contribution is 0.00578. The molecule has 0 aliphatic carbocycles. The van der Waals surface area contributed by atoms with E-state index in [9.17, 15) is 4.79 Å². The van der Waals surface area contributed by atoms with Crippen LogP contribution in [0, 0.1) is 20.8 Å². The van der Waals surface area contributed by atoms with Gasteiger partial charge in [-0.2, -0.15) is 0 Å². The SMILES string of the molecule is Cc1cccc(C=O)c1.Cc1cccc(CNc2ccc(B3OC(C)(C)C(C)(C)O3)cn2)c1.Cc1cccc(CNc2ccc(Br)cn2)c1.Nc1ccc(Br)cn1. The Bertz CT molecular complexity index is 2110. The standard InChI is InChI=1S/C19H25BN2O2.C13H13BrN2.C8H8O.C5H5BrN2/c1-14-7-6-8-15(11-14)12-21-17-10-9-16(13-22-17)20-23-18(2,3)19(4,5)24-20;1-10-3-2-4-11(7-10)8-15-13-6-5-12(14)9-16-13;1-7-3-2-4-8(5-7)6-9;6-4-1-2-5(7)8-3-4/h6-11,13H,12H2,1-5H3,(H,21,22);2-7,9H,8H2,1H3,(H,15,16);2-6H,1H3;1-3H,(H2,7,8). The van der Waals surface area contributed by atoms with Gasteiger partial charge in [-0.15, -0.1) is 0 Å². The minimum absolute atomic E-state index is 0.334. The number of aldehydes is 1. The summed E-state index contributed by atoms with van der Waals surface area (Å²) in [6, 6.07) is 35.9. The van der Waals surface area contributed by atoms with Crippen LogP contribution in [0.25, 0.3) is 0 Å². The first kappa shape index (κ1) is 44.8. The molecule has 1 fully saturated rings. The maximum atomic E-state index is 10.2. The molecule has 9 nitrogen and oxygen atoms in total. The van der Waals surface area contributed by atoms with Gasteiger partial charge in [0.2, 0.25) is 0 Å². The fraction of sp³-hybridized carbons (Fsp3) is 0.244. The fourth-order valence-corrected chi connectivity index (χ4v) is 5.74. The van der Waals surface area contributed by atoms with Gasteiger partial charge in [-0.1, -0.05) is 89.5 Å². The van der Waals surface area contributed by atoms with E-state index in [1.54, 1.807) is 24.5 Å². The molecule has 57 heavy (non-hydrogen) atoms. The van der Waals surface area contributed by atoms with Crippen molar-refractivity contribution in [3.63, 3.8) is 0 Å². The third-order valence-electron chi connectivity index (χ3n) is 9.08. The van der Waals surface area contributed by atoms with Gasteiger partial charge in [0, 0.05) is 51.7 Å². The second-order valence-electron chi connectivity index (χ2n) is 14.5. The Balaban J connectivity index is 0.000000186. The first-order valence-electron chi connectivity index (χ1n) is 18.5. The molecule has 1 aliphatic rings. The minimum atomic E-state index is -0.367. The van der Waals surface area contributed by atoms with Crippen molar-refractivity contribution in [2.24, 2.45) is 0 Å². The highest BCUT2D eigenvalue weighted by Gasteiger charge is 2.51. The summed E-state index contributed by atoms with van der Waals surface area (Å²) in [5, 5.41) is 6.63. The van der Waals surface area contributed by atoms with Crippen LogP contribution in [-0.4, -0.2) is 39.6 Å². The second-order valence-corrected chi connectivity index (χ2v) is 16.4. The van der Waals surface area contributed by atoms with Gasteiger partial charge < -0.3 is 25.7 Å². The zero-order valence-electron chi connectivity index (χ0n) is 33.6. The number of rotatable bonds is 8. The van der Waals surface area contributed by atoms with Crippen LogP contribution in [0.2, 0.25) is 0 Å². The molecule has 12 heteroatoms. The average molecular weight is 895 g/mol. The molecule has 0 bridgehead atoms. The molecule has 7 rings (SSSR count). The van der Waals surface area contributed by atoms with E-state index in [0.29, 0.717) is 5.82 Å². The smallest absolute Gasteiger partial charge is 0.399 e. The molecule has 0 spiro atoms. The highest BCUT2D eigenvalue weighted by molar-refractivity contribution is 9.10. The quantitative estimate of drug-likeness (QED) is 0.101. The molecule has 4 heterocycles. The monoisotopic (exact) mass is 892 g/mol. The van der Waals surface area contributed by atoms with Gasteiger partial charge in [-0.25, -0.2) is 15.0 Å². The lowest BCUT2D eigenvalue weighted by Gasteiger charge is -2.32. The van der Waals surface area contributed by atoms with Gasteiger partial charge in [0.25, 0.3) is 0 Å². The van der Waals surface area contributed by atoms with Crippen LogP contribution < -0.4 is 21.8 Å². The Kier molecular flexibility index (Phi) is 17.0. The number of aromatic nitrogens is 3. The van der Waals surface area contributed by atoms with Crippen molar-refractivity contribution in [1.29, 1.82) is 0 Å². The summed E-state index contributed by atoms with van der Waals surface area (Å²) in [6.07, 6.45) is 6.13. The van der Waals surface area contributed by atoms with Crippen molar-refractivity contribution in [3.05, 3.63) is 170 Å². The number of hydrogen-bond acceptors (Lipinski definition) is 9. The molecular weight excluding hydrogens is 843 g/mol. The second kappa shape index (κ2) is 21.6. The predicted molar refractivity (Wildman–Crippen MR) is 242 cm³/mol. The molecule has 3 aromatic carbocycles. The summed E-state index contributed by atoms with van der Waals surface area (Å²) in [5.41, 5.74) is 12.5. The molecule has 0 atom stereocenters. The number of carbonyl (C=O) groups excluding carboxylic acids is 1. The van der Waals surface area contributed by atoms with E-state index < -0.39 is 0 Å². The number of anilines is 3. The first-order valence-corrected chi connectivity index (χ1v) is 20.1. The Morgan fingerprint density at radius 1 is 0.632 bits per heavy atom. The van der Waals surface area contributed by atoms with E-state index in [1.807, 2.05) is 61.7 Å². The van der Waals surface area contributed by atoms with E-state index >= 15 is 0 Å². The summed E-state index contributed by atoms with van der Waals surface area (Å²) < 4.78 is 14.0. The number of pyridine rings is 3. The van der Waals surface area contributed by atoms with Crippen molar-refractivity contribution in [2.45, 2.75) is 72.8 Å². The Morgan fingerprint density at radius 2 is 1.11 bits per heavy atom. The fourth-order valence-electron chi connectivity index (χ4n) is 5.27. The molecule has 1 aliphatic heterocycles. The van der Waals surface area contributed by atoms with Crippen LogP contribution >= 0.6 is 31.9 Å². The van der Waals surface area contributed by atoms with Crippen LogP contribution in [0.15, 0.2) is 137 Å². The molecule has 4 N–H and O–H groups in total. The molecule has 1 saturated heterocycles. The normalized spacial score (nSPS) is 13.4. The number of carbonyl (C=O) groups is 1. The molecule has 296 valence electrons. The lowest BCUT2D eigenvalue weighted by atomic mass is 9.80. The number of nitrogen functional groups attached to an aromatic ring is 1. The van der Waals surface area contributed by atoms with Crippen LogP contribution in [0.5, 0.6) is 0 Å². The number of aryl methyl sites for hydroxylation is 3. The molecular formula is C45H51BBr2N6O3. The van der Waals surface area contributed by atoms with E-state index in [0.717, 1.165) is 56.5 Å². The largest absolute Gasteiger partial charge is 0.496 e. The van der Waals surface area contributed by atoms with Crippen LogP contribution in [0.3, 0.4) is 0 Å². The van der Waals surface area contributed by atoms with Gasteiger partial charge in [0.1, 0.15) is 23.7 Å². The molecule has 0 unspecified atom stereocenters. The number of nitrogens with zero attached hydrogens (tertiary/aromatic N) is 3. The van der Waals surface area contributed by atoms with Crippen LogP contribution in [0.4, 0.5) is 17.5 Å². The third-order valence-corrected chi connectivity index (χ3v) is 10.0. The highest BCUT2D eigenvalue weighted by Crippen LogP contribution is 2.36. The topological polar surface area (TPSA) is 124 Å². The lowest BCUT2D eigenvalue weighted by Crippen LogP contribution is -2.41. The van der Waals surface area contributed by atoms with Gasteiger partial charge >= 0.3 is 7.12 Å². The van der Waals surface area contributed by atoms with Crippen molar-refractivity contribution < 1.29 is 14.1 Å². The molecule has 0 radical (unpaired) electrons. The van der Waals surface area contributed by atoms with Crippen molar-refractivity contribution in [3.8, 4) is 0 Å². The summed E-state index contributed by atoms with van der Waals surface area (Å²) in [7, 11) is -0.367. The number of benzene rings is 3.